The number of hydrogen-bond acceptors (Lipinski definition) is 4. The molecule has 0 fully saturated rings. The number of anilines is 2. The standard InChI is InChI=1S/C22H21N5O/c1-15-6-8-17(9-7-15)26-22-24-13-11-20(27-22)21(28)23-12-10-16-14-25-19-5-3-2-4-18(16)19/h2-9,11,13-14,25H,10,12H2,1H3,(H,23,28)(H,24,26,27). The summed E-state index contributed by atoms with van der Waals surface area (Å²) in [6, 6.07) is 17.7. The Bertz CT molecular complexity index is 1100. The van der Waals surface area contributed by atoms with Crippen LogP contribution in [0.1, 0.15) is 21.6 Å². The summed E-state index contributed by atoms with van der Waals surface area (Å²) in [5.41, 5.74) is 4.67. The lowest BCUT2D eigenvalue weighted by Crippen LogP contribution is -2.26. The molecule has 28 heavy (non-hydrogen) atoms. The van der Waals surface area contributed by atoms with Crippen LogP contribution in [0, 0.1) is 6.92 Å². The van der Waals surface area contributed by atoms with E-state index in [-0.39, 0.29) is 5.91 Å². The van der Waals surface area contributed by atoms with Crippen LogP contribution in [0.5, 0.6) is 0 Å². The van der Waals surface area contributed by atoms with Gasteiger partial charge in [0.05, 0.1) is 0 Å². The molecule has 140 valence electrons. The molecule has 3 N–H and O–H groups in total. The predicted octanol–water partition coefficient (Wildman–Crippen LogP) is 3.98. The fraction of sp³-hybridized carbons (Fsp3) is 0.136. The third-order valence-corrected chi connectivity index (χ3v) is 4.55. The molecule has 4 rings (SSSR count). The molecule has 6 nitrogen and oxygen atoms in total. The number of carbonyl (C=O) groups is 1. The second-order valence-electron chi connectivity index (χ2n) is 6.62. The number of para-hydroxylation sites is 1. The summed E-state index contributed by atoms with van der Waals surface area (Å²) in [5.74, 6) is 0.183. The fourth-order valence-corrected chi connectivity index (χ4v) is 3.05. The molecule has 0 aliphatic rings. The van der Waals surface area contributed by atoms with Crippen molar-refractivity contribution in [3.05, 3.63) is 83.8 Å². The number of rotatable bonds is 6. The van der Waals surface area contributed by atoms with E-state index in [1.165, 1.54) is 16.5 Å². The summed E-state index contributed by atoms with van der Waals surface area (Å²) >= 11 is 0. The Labute approximate surface area is 163 Å². The van der Waals surface area contributed by atoms with Crippen LogP contribution in [0.4, 0.5) is 11.6 Å². The van der Waals surface area contributed by atoms with Gasteiger partial charge in [-0.05, 0) is 43.2 Å². The van der Waals surface area contributed by atoms with Crippen molar-refractivity contribution in [2.45, 2.75) is 13.3 Å². The lowest BCUT2D eigenvalue weighted by molar-refractivity contribution is 0.0949. The number of benzene rings is 2. The highest BCUT2D eigenvalue weighted by Crippen LogP contribution is 2.18. The van der Waals surface area contributed by atoms with E-state index in [1.54, 1.807) is 12.3 Å². The monoisotopic (exact) mass is 371 g/mol. The number of amides is 1. The summed E-state index contributed by atoms with van der Waals surface area (Å²) < 4.78 is 0. The summed E-state index contributed by atoms with van der Waals surface area (Å²) in [5, 5.41) is 7.23. The van der Waals surface area contributed by atoms with Gasteiger partial charge in [-0.1, -0.05) is 35.9 Å². The first-order valence-corrected chi connectivity index (χ1v) is 9.19. The predicted molar refractivity (Wildman–Crippen MR) is 111 cm³/mol. The zero-order valence-electron chi connectivity index (χ0n) is 15.6. The molecule has 0 bridgehead atoms. The average Bonchev–Trinajstić information content (AvgIpc) is 3.13. The number of fused-ring (bicyclic) bond motifs is 1. The molecule has 0 atom stereocenters. The number of nitrogens with one attached hydrogen (secondary N) is 3. The second-order valence-corrected chi connectivity index (χ2v) is 6.62. The average molecular weight is 371 g/mol. The minimum Gasteiger partial charge on any atom is -0.361 e. The van der Waals surface area contributed by atoms with Gasteiger partial charge >= 0.3 is 0 Å². The van der Waals surface area contributed by atoms with E-state index in [0.717, 1.165) is 17.6 Å². The van der Waals surface area contributed by atoms with E-state index in [2.05, 4.69) is 31.7 Å². The van der Waals surface area contributed by atoms with E-state index in [0.29, 0.717) is 18.2 Å². The second kappa shape index (κ2) is 7.92. The maximum Gasteiger partial charge on any atom is 0.270 e. The molecule has 2 aromatic heterocycles. The van der Waals surface area contributed by atoms with E-state index in [9.17, 15) is 4.79 Å². The highest BCUT2D eigenvalue weighted by Gasteiger charge is 2.09. The Morgan fingerprint density at radius 1 is 1.07 bits per heavy atom. The number of aryl methyl sites for hydroxylation is 1. The molecule has 2 heterocycles. The van der Waals surface area contributed by atoms with Crippen molar-refractivity contribution in [3.8, 4) is 0 Å². The van der Waals surface area contributed by atoms with E-state index >= 15 is 0 Å². The Hall–Kier alpha value is -3.67. The zero-order chi connectivity index (χ0) is 19.3. The van der Waals surface area contributed by atoms with Crippen LogP contribution in [-0.2, 0) is 6.42 Å². The molecule has 0 saturated carbocycles. The van der Waals surface area contributed by atoms with Crippen LogP contribution in [-0.4, -0.2) is 27.4 Å². The molecule has 0 saturated heterocycles. The number of nitrogens with zero attached hydrogens (tertiary/aromatic N) is 2. The van der Waals surface area contributed by atoms with Gasteiger partial charge in [-0.2, -0.15) is 0 Å². The number of aromatic nitrogens is 3. The Kier molecular flexibility index (Phi) is 5.01. The summed E-state index contributed by atoms with van der Waals surface area (Å²) in [6.45, 7) is 2.56. The SMILES string of the molecule is Cc1ccc(Nc2nccc(C(=O)NCCc3c[nH]c4ccccc34)n2)cc1. The zero-order valence-corrected chi connectivity index (χ0v) is 15.6. The molecule has 0 aliphatic heterocycles. The largest absolute Gasteiger partial charge is 0.361 e. The van der Waals surface area contributed by atoms with Crippen LogP contribution >= 0.6 is 0 Å². The lowest BCUT2D eigenvalue weighted by Gasteiger charge is -2.07. The van der Waals surface area contributed by atoms with E-state index in [1.807, 2.05) is 55.6 Å². The van der Waals surface area contributed by atoms with Crippen LogP contribution < -0.4 is 10.6 Å². The number of aromatic amines is 1. The summed E-state index contributed by atoms with van der Waals surface area (Å²) in [6.07, 6.45) is 4.32. The van der Waals surface area contributed by atoms with Gasteiger partial charge in [-0.25, -0.2) is 9.97 Å². The molecular weight excluding hydrogens is 350 g/mol. The molecule has 2 aromatic carbocycles. The Morgan fingerprint density at radius 3 is 2.75 bits per heavy atom. The molecule has 0 spiro atoms. The van der Waals surface area contributed by atoms with Crippen molar-refractivity contribution in [1.29, 1.82) is 0 Å². The van der Waals surface area contributed by atoms with Gasteiger partial charge in [0, 0.05) is 35.5 Å². The third kappa shape index (κ3) is 4.01. The molecular formula is C22H21N5O. The molecule has 0 unspecified atom stereocenters. The molecule has 1 amide bonds. The number of carbonyl (C=O) groups excluding carboxylic acids is 1. The molecule has 0 radical (unpaired) electrons. The summed E-state index contributed by atoms with van der Waals surface area (Å²) in [4.78, 5) is 24.2. The topological polar surface area (TPSA) is 82.7 Å². The number of hydrogen-bond donors (Lipinski definition) is 3. The van der Waals surface area contributed by atoms with Gasteiger partial charge in [0.1, 0.15) is 5.69 Å². The molecule has 0 aliphatic carbocycles. The number of H-pyrrole nitrogens is 1. The quantitative estimate of drug-likeness (QED) is 0.479. The van der Waals surface area contributed by atoms with E-state index in [4.69, 9.17) is 0 Å². The van der Waals surface area contributed by atoms with Crippen molar-refractivity contribution in [1.82, 2.24) is 20.3 Å². The first-order chi connectivity index (χ1) is 13.7. The van der Waals surface area contributed by atoms with Crippen LogP contribution in [0.25, 0.3) is 10.9 Å². The highest BCUT2D eigenvalue weighted by molar-refractivity contribution is 5.92. The smallest absolute Gasteiger partial charge is 0.270 e. The van der Waals surface area contributed by atoms with Crippen molar-refractivity contribution in [2.75, 3.05) is 11.9 Å². The van der Waals surface area contributed by atoms with Gasteiger partial charge in [0.15, 0.2) is 0 Å². The van der Waals surface area contributed by atoms with Gasteiger partial charge in [0.2, 0.25) is 5.95 Å². The normalized spacial score (nSPS) is 10.8. The minimum atomic E-state index is -0.214. The Balaban J connectivity index is 1.37. The van der Waals surface area contributed by atoms with Crippen molar-refractivity contribution in [3.63, 3.8) is 0 Å². The third-order valence-electron chi connectivity index (χ3n) is 4.55. The fourth-order valence-electron chi connectivity index (χ4n) is 3.05. The maximum absolute atomic E-state index is 12.4. The first-order valence-electron chi connectivity index (χ1n) is 9.19. The van der Waals surface area contributed by atoms with Gasteiger partial charge < -0.3 is 15.6 Å². The van der Waals surface area contributed by atoms with Crippen LogP contribution in [0.2, 0.25) is 0 Å². The van der Waals surface area contributed by atoms with Crippen LogP contribution in [0.15, 0.2) is 67.0 Å². The van der Waals surface area contributed by atoms with Gasteiger partial charge in [0.25, 0.3) is 5.91 Å². The van der Waals surface area contributed by atoms with Crippen molar-refractivity contribution < 1.29 is 4.79 Å². The van der Waals surface area contributed by atoms with Gasteiger partial charge in [-0.3, -0.25) is 4.79 Å². The van der Waals surface area contributed by atoms with Crippen molar-refractivity contribution in [2.24, 2.45) is 0 Å². The lowest BCUT2D eigenvalue weighted by atomic mass is 10.1. The minimum absolute atomic E-state index is 0.214. The Morgan fingerprint density at radius 2 is 1.89 bits per heavy atom. The first kappa shape index (κ1) is 17.7. The van der Waals surface area contributed by atoms with Gasteiger partial charge in [-0.15, -0.1) is 0 Å². The van der Waals surface area contributed by atoms with Crippen LogP contribution in [0.3, 0.4) is 0 Å². The molecule has 4 aromatic rings. The molecule has 6 heteroatoms. The van der Waals surface area contributed by atoms with Crippen molar-refractivity contribution >= 4 is 28.4 Å². The highest BCUT2D eigenvalue weighted by atomic mass is 16.1. The van der Waals surface area contributed by atoms with E-state index < -0.39 is 0 Å². The maximum atomic E-state index is 12.4. The summed E-state index contributed by atoms with van der Waals surface area (Å²) in [7, 11) is 0.